The van der Waals surface area contributed by atoms with Crippen molar-refractivity contribution in [1.82, 2.24) is 24.7 Å². The Labute approximate surface area is 184 Å². The fourth-order valence-corrected chi connectivity index (χ4v) is 4.57. The molecule has 1 fully saturated rings. The van der Waals surface area contributed by atoms with Crippen molar-refractivity contribution >= 4 is 22.5 Å². The minimum Gasteiger partial charge on any atom is -0.355 e. The SMILES string of the molecule is O=C(c1ccc2noc(-c3ccccc3)c2c1)N1CCC[C@@H](c2nnc3ccccn23)C1. The molecule has 0 unspecified atom stereocenters. The molecule has 6 rings (SSSR count). The molecular weight excluding hydrogens is 402 g/mol. The van der Waals surface area contributed by atoms with Crippen molar-refractivity contribution < 1.29 is 9.32 Å². The summed E-state index contributed by atoms with van der Waals surface area (Å²) in [7, 11) is 0. The molecule has 0 N–H and O–H groups in total. The van der Waals surface area contributed by atoms with Gasteiger partial charge in [0.2, 0.25) is 0 Å². The largest absolute Gasteiger partial charge is 0.355 e. The van der Waals surface area contributed by atoms with Gasteiger partial charge in [-0.25, -0.2) is 0 Å². The Hall–Kier alpha value is -4.00. The Morgan fingerprint density at radius 2 is 1.88 bits per heavy atom. The normalized spacial score (nSPS) is 16.6. The molecule has 1 aliphatic heterocycles. The maximum atomic E-state index is 13.4. The maximum absolute atomic E-state index is 13.4. The van der Waals surface area contributed by atoms with Crippen molar-refractivity contribution in [2.45, 2.75) is 18.8 Å². The highest BCUT2D eigenvalue weighted by Gasteiger charge is 2.29. The number of nitrogens with zero attached hydrogens (tertiary/aromatic N) is 5. The molecule has 0 bridgehead atoms. The Balaban J connectivity index is 1.30. The molecule has 1 amide bonds. The predicted octanol–water partition coefficient (Wildman–Crippen LogP) is 4.56. The van der Waals surface area contributed by atoms with Crippen LogP contribution in [-0.4, -0.2) is 43.7 Å². The molecule has 0 spiro atoms. The van der Waals surface area contributed by atoms with E-state index in [0.29, 0.717) is 17.9 Å². The smallest absolute Gasteiger partial charge is 0.253 e. The summed E-state index contributed by atoms with van der Waals surface area (Å²) in [5.41, 5.74) is 3.16. The van der Waals surface area contributed by atoms with Crippen LogP contribution >= 0.6 is 0 Å². The number of carbonyl (C=O) groups excluding carboxylic acids is 1. The lowest BCUT2D eigenvalue weighted by atomic mass is 9.96. The van der Waals surface area contributed by atoms with Gasteiger partial charge in [0.25, 0.3) is 5.91 Å². The van der Waals surface area contributed by atoms with Crippen molar-refractivity contribution in [3.05, 3.63) is 84.3 Å². The van der Waals surface area contributed by atoms with Crippen LogP contribution in [0.4, 0.5) is 0 Å². The van der Waals surface area contributed by atoms with Gasteiger partial charge < -0.3 is 9.42 Å². The van der Waals surface area contributed by atoms with E-state index in [9.17, 15) is 4.79 Å². The van der Waals surface area contributed by atoms with Crippen molar-refractivity contribution in [3.8, 4) is 11.3 Å². The molecule has 4 heterocycles. The van der Waals surface area contributed by atoms with E-state index in [2.05, 4.69) is 15.4 Å². The number of benzene rings is 2. The first kappa shape index (κ1) is 18.7. The van der Waals surface area contributed by atoms with Gasteiger partial charge in [0.15, 0.2) is 11.4 Å². The molecule has 1 aliphatic rings. The van der Waals surface area contributed by atoms with Gasteiger partial charge in [-0.3, -0.25) is 9.20 Å². The minimum atomic E-state index is 0.0191. The summed E-state index contributed by atoms with van der Waals surface area (Å²) in [4.78, 5) is 15.3. The highest BCUT2D eigenvalue weighted by Crippen LogP contribution is 2.31. The van der Waals surface area contributed by atoms with Crippen LogP contribution in [0.1, 0.15) is 34.9 Å². The Morgan fingerprint density at radius 3 is 2.78 bits per heavy atom. The van der Waals surface area contributed by atoms with Crippen LogP contribution in [0, 0.1) is 0 Å². The van der Waals surface area contributed by atoms with Gasteiger partial charge in [-0.15, -0.1) is 10.2 Å². The van der Waals surface area contributed by atoms with E-state index in [1.165, 1.54) is 0 Å². The molecule has 3 aromatic heterocycles. The van der Waals surface area contributed by atoms with Gasteiger partial charge >= 0.3 is 0 Å². The van der Waals surface area contributed by atoms with Gasteiger partial charge in [0.1, 0.15) is 11.3 Å². The lowest BCUT2D eigenvalue weighted by Crippen LogP contribution is -2.39. The minimum absolute atomic E-state index is 0.0191. The van der Waals surface area contributed by atoms with Gasteiger partial charge in [0.05, 0.1) is 5.39 Å². The first-order valence-corrected chi connectivity index (χ1v) is 10.8. The Bertz CT molecular complexity index is 1420. The number of carbonyl (C=O) groups is 1. The van der Waals surface area contributed by atoms with Crippen LogP contribution < -0.4 is 0 Å². The number of amides is 1. The summed E-state index contributed by atoms with van der Waals surface area (Å²) in [5, 5.41) is 13.7. The average Bonchev–Trinajstić information content (AvgIpc) is 3.48. The molecule has 1 atom stereocenters. The zero-order valence-electron chi connectivity index (χ0n) is 17.4. The van der Waals surface area contributed by atoms with E-state index >= 15 is 0 Å². The molecule has 32 heavy (non-hydrogen) atoms. The molecule has 158 valence electrons. The molecule has 2 aromatic carbocycles. The van der Waals surface area contributed by atoms with Crippen molar-refractivity contribution in [1.29, 1.82) is 0 Å². The first-order chi connectivity index (χ1) is 15.8. The van der Waals surface area contributed by atoms with Gasteiger partial charge in [-0.1, -0.05) is 41.6 Å². The molecule has 0 saturated carbocycles. The second-order valence-electron chi connectivity index (χ2n) is 8.19. The summed E-state index contributed by atoms with van der Waals surface area (Å²) in [6.07, 6.45) is 3.90. The van der Waals surface area contributed by atoms with Crippen molar-refractivity contribution in [2.75, 3.05) is 13.1 Å². The van der Waals surface area contributed by atoms with Crippen LogP contribution in [0.5, 0.6) is 0 Å². The molecule has 0 aliphatic carbocycles. The standard InChI is InChI=1S/C25H21N5O2/c31-25(18-11-12-21-20(15-18)23(32-28-21)17-7-2-1-3-8-17)29-13-6-9-19(16-29)24-27-26-22-10-4-5-14-30(22)24/h1-5,7-8,10-12,14-15,19H,6,9,13,16H2/t19-/m1/s1. The number of pyridine rings is 1. The number of hydrogen-bond acceptors (Lipinski definition) is 5. The van der Waals surface area contributed by atoms with Crippen LogP contribution in [0.2, 0.25) is 0 Å². The maximum Gasteiger partial charge on any atom is 0.253 e. The topological polar surface area (TPSA) is 76.5 Å². The molecule has 0 radical (unpaired) electrons. The number of piperidine rings is 1. The predicted molar refractivity (Wildman–Crippen MR) is 120 cm³/mol. The third kappa shape index (κ3) is 3.13. The second kappa shape index (κ2) is 7.60. The van der Waals surface area contributed by atoms with Gasteiger partial charge in [-0.2, -0.15) is 0 Å². The summed E-state index contributed by atoms with van der Waals surface area (Å²) >= 11 is 0. The molecule has 7 heteroatoms. The quantitative estimate of drug-likeness (QED) is 0.425. The number of fused-ring (bicyclic) bond motifs is 2. The fraction of sp³-hybridized carbons (Fsp3) is 0.200. The zero-order chi connectivity index (χ0) is 21.5. The first-order valence-electron chi connectivity index (χ1n) is 10.8. The van der Waals surface area contributed by atoms with E-state index in [1.807, 2.05) is 82.2 Å². The van der Waals surface area contributed by atoms with Crippen LogP contribution in [-0.2, 0) is 0 Å². The zero-order valence-corrected chi connectivity index (χ0v) is 17.4. The van der Waals surface area contributed by atoms with Crippen LogP contribution in [0.15, 0.2) is 77.4 Å². The monoisotopic (exact) mass is 423 g/mol. The lowest BCUT2D eigenvalue weighted by Gasteiger charge is -2.32. The average molecular weight is 423 g/mol. The number of aromatic nitrogens is 4. The summed E-state index contributed by atoms with van der Waals surface area (Å²) in [5.74, 6) is 1.77. The van der Waals surface area contributed by atoms with Gasteiger partial charge in [-0.05, 0) is 43.2 Å². The van der Waals surface area contributed by atoms with E-state index < -0.39 is 0 Å². The summed E-state index contributed by atoms with van der Waals surface area (Å²) in [6.45, 7) is 1.36. The number of rotatable bonds is 3. The summed E-state index contributed by atoms with van der Waals surface area (Å²) < 4.78 is 7.62. The van der Waals surface area contributed by atoms with Gasteiger partial charge in [0, 0.05) is 36.3 Å². The Morgan fingerprint density at radius 1 is 1.00 bits per heavy atom. The third-order valence-electron chi connectivity index (χ3n) is 6.17. The van der Waals surface area contributed by atoms with E-state index in [4.69, 9.17) is 4.52 Å². The third-order valence-corrected chi connectivity index (χ3v) is 6.17. The molecule has 1 saturated heterocycles. The fourth-order valence-electron chi connectivity index (χ4n) is 4.57. The molecular formula is C25H21N5O2. The van der Waals surface area contributed by atoms with Crippen molar-refractivity contribution in [2.24, 2.45) is 0 Å². The van der Waals surface area contributed by atoms with Crippen LogP contribution in [0.3, 0.4) is 0 Å². The number of likely N-dealkylation sites (tertiary alicyclic amines) is 1. The number of hydrogen-bond donors (Lipinski definition) is 0. The van der Waals surface area contributed by atoms with E-state index in [-0.39, 0.29) is 11.8 Å². The highest BCUT2D eigenvalue weighted by molar-refractivity contribution is 6.01. The second-order valence-corrected chi connectivity index (χ2v) is 8.19. The van der Waals surface area contributed by atoms with Crippen molar-refractivity contribution in [3.63, 3.8) is 0 Å². The lowest BCUT2D eigenvalue weighted by molar-refractivity contribution is 0.0704. The summed E-state index contributed by atoms with van der Waals surface area (Å²) in [6, 6.07) is 21.3. The Kier molecular flexibility index (Phi) is 4.45. The van der Waals surface area contributed by atoms with Crippen LogP contribution in [0.25, 0.3) is 27.9 Å². The van der Waals surface area contributed by atoms with E-state index in [0.717, 1.165) is 47.3 Å². The highest BCUT2D eigenvalue weighted by atomic mass is 16.5. The molecule has 5 aromatic rings. The van der Waals surface area contributed by atoms with E-state index in [1.54, 1.807) is 0 Å². The molecule has 7 nitrogen and oxygen atoms in total.